The summed E-state index contributed by atoms with van der Waals surface area (Å²) in [5.74, 6) is -0.0906. The Balaban J connectivity index is 3.59. The zero-order valence-electron chi connectivity index (χ0n) is 18.2. The lowest BCUT2D eigenvalue weighted by atomic mass is 9.65. The Kier molecular flexibility index (Phi) is 13.4. The Bertz CT molecular complexity index is 331. The van der Waals surface area contributed by atoms with Gasteiger partial charge >= 0.3 is 5.97 Å². The molecule has 0 bridgehead atoms. The molecule has 0 spiro atoms. The van der Waals surface area contributed by atoms with Crippen molar-refractivity contribution in [2.24, 2.45) is 10.8 Å². The van der Waals surface area contributed by atoms with Crippen molar-refractivity contribution in [3.05, 3.63) is 0 Å². The number of hydrogen-bond donors (Lipinski definition) is 0. The van der Waals surface area contributed by atoms with E-state index in [1.54, 1.807) is 0 Å². The molecule has 0 aromatic heterocycles. The van der Waals surface area contributed by atoms with Gasteiger partial charge in [0.05, 0.1) is 12.5 Å². The maximum absolute atomic E-state index is 12.0. The van der Waals surface area contributed by atoms with E-state index >= 15 is 0 Å². The molecule has 0 amide bonds. The topological polar surface area (TPSA) is 26.3 Å². The number of unbranched alkanes of at least 4 members (excludes halogenated alkanes) is 12. The van der Waals surface area contributed by atoms with E-state index in [1.807, 2.05) is 13.8 Å². The number of ether oxygens (including phenoxy) is 1. The van der Waals surface area contributed by atoms with Crippen molar-refractivity contribution in [1.82, 2.24) is 0 Å². The molecule has 0 radical (unpaired) electrons. The van der Waals surface area contributed by atoms with Gasteiger partial charge in [-0.25, -0.2) is 0 Å². The molecular formula is C23H46O2. The van der Waals surface area contributed by atoms with E-state index in [2.05, 4.69) is 20.8 Å². The van der Waals surface area contributed by atoms with Gasteiger partial charge in [-0.1, -0.05) is 104 Å². The van der Waals surface area contributed by atoms with E-state index in [4.69, 9.17) is 4.74 Å². The zero-order valence-corrected chi connectivity index (χ0v) is 18.2. The van der Waals surface area contributed by atoms with Crippen molar-refractivity contribution in [3.8, 4) is 0 Å². The normalized spacial score (nSPS) is 12.4. The molecule has 0 saturated carbocycles. The van der Waals surface area contributed by atoms with Crippen LogP contribution in [0.1, 0.15) is 125 Å². The molecule has 0 aromatic carbocycles. The highest BCUT2D eigenvalue weighted by atomic mass is 16.5. The van der Waals surface area contributed by atoms with Crippen LogP contribution >= 0.6 is 0 Å². The van der Waals surface area contributed by atoms with Crippen LogP contribution in [0.3, 0.4) is 0 Å². The van der Waals surface area contributed by atoms with Crippen LogP contribution in [-0.4, -0.2) is 13.1 Å². The molecule has 25 heavy (non-hydrogen) atoms. The van der Waals surface area contributed by atoms with E-state index < -0.39 is 5.41 Å². The SMILES string of the molecule is CCCCCCCCCCCCCCCC(C)(C)C(C)(C)C(=O)OC. The van der Waals surface area contributed by atoms with Gasteiger partial charge in [-0.05, 0) is 25.7 Å². The van der Waals surface area contributed by atoms with E-state index in [0.717, 1.165) is 6.42 Å². The van der Waals surface area contributed by atoms with Gasteiger partial charge in [0.25, 0.3) is 0 Å². The summed E-state index contributed by atoms with van der Waals surface area (Å²) < 4.78 is 4.98. The Morgan fingerprint density at radius 2 is 1.04 bits per heavy atom. The fourth-order valence-corrected chi connectivity index (χ4v) is 3.43. The molecule has 0 atom stereocenters. The van der Waals surface area contributed by atoms with E-state index in [9.17, 15) is 4.79 Å². The molecule has 0 aliphatic rings. The molecule has 2 nitrogen and oxygen atoms in total. The first-order valence-corrected chi connectivity index (χ1v) is 10.9. The van der Waals surface area contributed by atoms with E-state index in [1.165, 1.54) is 90.6 Å². The van der Waals surface area contributed by atoms with Gasteiger partial charge in [-0.3, -0.25) is 4.79 Å². The van der Waals surface area contributed by atoms with Crippen LogP contribution in [-0.2, 0) is 9.53 Å². The predicted octanol–water partition coefficient (Wildman–Crippen LogP) is 7.69. The lowest BCUT2D eigenvalue weighted by Crippen LogP contribution is -2.40. The van der Waals surface area contributed by atoms with Gasteiger partial charge in [-0.2, -0.15) is 0 Å². The molecule has 2 heteroatoms. The summed E-state index contributed by atoms with van der Waals surface area (Å²) in [6, 6.07) is 0. The lowest BCUT2D eigenvalue weighted by Gasteiger charge is -2.39. The zero-order chi connectivity index (χ0) is 19.2. The number of methoxy groups -OCH3 is 1. The standard InChI is InChI=1S/C23H46O2/c1-7-8-9-10-11-12-13-14-15-16-17-18-19-20-22(2,3)23(4,5)21(24)25-6/h7-20H2,1-6H3. The third-order valence-electron chi connectivity index (χ3n) is 6.29. The highest BCUT2D eigenvalue weighted by Gasteiger charge is 2.43. The Hall–Kier alpha value is -0.530. The van der Waals surface area contributed by atoms with Gasteiger partial charge in [0.15, 0.2) is 0 Å². The van der Waals surface area contributed by atoms with Gasteiger partial charge in [0.1, 0.15) is 0 Å². The van der Waals surface area contributed by atoms with Crippen LogP contribution < -0.4 is 0 Å². The first-order chi connectivity index (χ1) is 11.8. The lowest BCUT2D eigenvalue weighted by molar-refractivity contribution is -0.158. The van der Waals surface area contributed by atoms with Crippen LogP contribution in [0.5, 0.6) is 0 Å². The van der Waals surface area contributed by atoms with E-state index in [0.29, 0.717) is 0 Å². The molecule has 0 N–H and O–H groups in total. The molecule has 0 unspecified atom stereocenters. The average molecular weight is 355 g/mol. The largest absolute Gasteiger partial charge is 0.469 e. The summed E-state index contributed by atoms with van der Waals surface area (Å²) in [6.45, 7) is 10.7. The minimum atomic E-state index is -0.418. The first kappa shape index (κ1) is 24.5. The summed E-state index contributed by atoms with van der Waals surface area (Å²) >= 11 is 0. The van der Waals surface area contributed by atoms with Crippen molar-refractivity contribution in [1.29, 1.82) is 0 Å². The van der Waals surface area contributed by atoms with Gasteiger partial charge in [0, 0.05) is 0 Å². The van der Waals surface area contributed by atoms with Crippen LogP contribution in [0, 0.1) is 10.8 Å². The third kappa shape index (κ3) is 10.3. The van der Waals surface area contributed by atoms with Gasteiger partial charge in [0.2, 0.25) is 0 Å². The number of carbonyl (C=O) groups is 1. The Morgan fingerprint density at radius 1 is 0.680 bits per heavy atom. The second kappa shape index (κ2) is 13.6. The number of hydrogen-bond acceptors (Lipinski definition) is 2. The van der Waals surface area contributed by atoms with E-state index in [-0.39, 0.29) is 11.4 Å². The Morgan fingerprint density at radius 3 is 1.40 bits per heavy atom. The highest BCUT2D eigenvalue weighted by molar-refractivity contribution is 5.76. The minimum absolute atomic E-state index is 0.0160. The summed E-state index contributed by atoms with van der Waals surface area (Å²) in [6.07, 6.45) is 19.0. The first-order valence-electron chi connectivity index (χ1n) is 10.9. The molecule has 0 heterocycles. The third-order valence-corrected chi connectivity index (χ3v) is 6.29. The molecule has 0 saturated heterocycles. The summed E-state index contributed by atoms with van der Waals surface area (Å²) in [5, 5.41) is 0. The van der Waals surface area contributed by atoms with Crippen LogP contribution in [0.2, 0.25) is 0 Å². The maximum atomic E-state index is 12.0. The van der Waals surface area contributed by atoms with Crippen molar-refractivity contribution < 1.29 is 9.53 Å². The van der Waals surface area contributed by atoms with Crippen molar-refractivity contribution in [3.63, 3.8) is 0 Å². The van der Waals surface area contributed by atoms with Crippen LogP contribution in [0.4, 0.5) is 0 Å². The second-order valence-corrected chi connectivity index (χ2v) is 8.99. The van der Waals surface area contributed by atoms with Gasteiger partial charge in [-0.15, -0.1) is 0 Å². The van der Waals surface area contributed by atoms with Crippen molar-refractivity contribution >= 4 is 5.97 Å². The second-order valence-electron chi connectivity index (χ2n) is 8.99. The summed E-state index contributed by atoms with van der Waals surface area (Å²) in [7, 11) is 1.49. The van der Waals surface area contributed by atoms with Gasteiger partial charge < -0.3 is 4.74 Å². The average Bonchev–Trinajstić information content (AvgIpc) is 2.57. The van der Waals surface area contributed by atoms with Crippen molar-refractivity contribution in [2.75, 3.05) is 7.11 Å². The molecule has 0 aliphatic carbocycles. The number of rotatable bonds is 16. The quantitative estimate of drug-likeness (QED) is 0.210. The smallest absolute Gasteiger partial charge is 0.311 e. The highest BCUT2D eigenvalue weighted by Crippen LogP contribution is 2.43. The fraction of sp³-hybridized carbons (Fsp3) is 0.957. The fourth-order valence-electron chi connectivity index (χ4n) is 3.43. The molecule has 0 fully saturated rings. The Labute approximate surface area is 158 Å². The van der Waals surface area contributed by atoms with Crippen LogP contribution in [0.15, 0.2) is 0 Å². The number of esters is 1. The maximum Gasteiger partial charge on any atom is 0.311 e. The minimum Gasteiger partial charge on any atom is -0.469 e. The molecule has 0 rings (SSSR count). The monoisotopic (exact) mass is 354 g/mol. The molecule has 150 valence electrons. The summed E-state index contributed by atoms with van der Waals surface area (Å²) in [4.78, 5) is 12.0. The molecule has 0 aliphatic heterocycles. The predicted molar refractivity (Wildman–Crippen MR) is 110 cm³/mol. The van der Waals surface area contributed by atoms with Crippen molar-refractivity contribution in [2.45, 2.75) is 125 Å². The summed E-state index contributed by atoms with van der Waals surface area (Å²) in [5.41, 5.74) is -0.434. The molecular weight excluding hydrogens is 308 g/mol. The molecule has 0 aromatic rings. The number of carbonyl (C=O) groups excluding carboxylic acids is 1. The van der Waals surface area contributed by atoms with Crippen LogP contribution in [0.25, 0.3) is 0 Å².